The van der Waals surface area contributed by atoms with Crippen molar-refractivity contribution in [2.45, 2.75) is 58.3 Å². The molecule has 4 heteroatoms. The third-order valence-electron chi connectivity index (χ3n) is 3.03. The molecule has 0 unspecified atom stereocenters. The number of esters is 2. The van der Waals surface area contributed by atoms with E-state index in [2.05, 4.69) is 13.2 Å². The molecule has 0 amide bonds. The van der Waals surface area contributed by atoms with Crippen molar-refractivity contribution < 1.29 is 19.1 Å². The van der Waals surface area contributed by atoms with Crippen LogP contribution >= 0.6 is 0 Å². The van der Waals surface area contributed by atoms with Crippen molar-refractivity contribution >= 4 is 11.9 Å². The molecule has 0 heterocycles. The first kappa shape index (κ1) is 19.4. The summed E-state index contributed by atoms with van der Waals surface area (Å²) < 4.78 is 9.91. The Morgan fingerprint density at radius 2 is 1.29 bits per heavy atom. The van der Waals surface area contributed by atoms with Crippen LogP contribution in [0.2, 0.25) is 0 Å². The zero-order valence-electron chi connectivity index (χ0n) is 13.2. The quantitative estimate of drug-likeness (QED) is 0.293. The molecule has 0 bridgehead atoms. The molecule has 0 aromatic heterocycles. The van der Waals surface area contributed by atoms with Gasteiger partial charge in [0.2, 0.25) is 0 Å². The Bertz CT molecular complexity index is 334. The lowest BCUT2D eigenvalue weighted by Crippen LogP contribution is -2.05. The zero-order chi connectivity index (χ0) is 15.9. The Morgan fingerprint density at radius 3 is 1.71 bits per heavy atom. The third-order valence-corrected chi connectivity index (χ3v) is 3.03. The molecular weight excluding hydrogens is 268 g/mol. The van der Waals surface area contributed by atoms with Crippen molar-refractivity contribution in [2.75, 3.05) is 13.2 Å². The molecule has 0 saturated heterocycles. The Morgan fingerprint density at radius 1 is 0.857 bits per heavy atom. The van der Waals surface area contributed by atoms with E-state index in [1.165, 1.54) is 18.9 Å². The fourth-order valence-corrected chi connectivity index (χ4v) is 1.78. The molecule has 0 aromatic rings. The van der Waals surface area contributed by atoms with Crippen molar-refractivity contribution in [3.8, 4) is 0 Å². The summed E-state index contributed by atoms with van der Waals surface area (Å²) in [4.78, 5) is 21.9. The molecule has 0 radical (unpaired) electrons. The van der Waals surface area contributed by atoms with Crippen molar-refractivity contribution in [1.82, 2.24) is 0 Å². The lowest BCUT2D eigenvalue weighted by Gasteiger charge is -2.04. The minimum atomic E-state index is -0.345. The maximum atomic E-state index is 11.1. The maximum absolute atomic E-state index is 11.1. The normalized spacial score (nSPS) is 9.95. The topological polar surface area (TPSA) is 52.6 Å². The van der Waals surface area contributed by atoms with Gasteiger partial charge in [0, 0.05) is 11.6 Å². The van der Waals surface area contributed by atoms with Gasteiger partial charge in [-0.05, 0) is 19.8 Å². The number of unbranched alkanes of at least 4 members (excludes halogenated alkanes) is 7. The van der Waals surface area contributed by atoms with Crippen LogP contribution in [0.4, 0.5) is 0 Å². The van der Waals surface area contributed by atoms with Gasteiger partial charge < -0.3 is 9.47 Å². The van der Waals surface area contributed by atoms with Gasteiger partial charge in [-0.1, -0.05) is 51.7 Å². The second-order valence-electron chi connectivity index (χ2n) is 5.12. The van der Waals surface area contributed by atoms with Crippen LogP contribution in [0, 0.1) is 0 Å². The van der Waals surface area contributed by atoms with Crippen LogP contribution < -0.4 is 0 Å². The Hall–Kier alpha value is -1.58. The van der Waals surface area contributed by atoms with Gasteiger partial charge in [-0.2, -0.15) is 0 Å². The minimum Gasteiger partial charge on any atom is -0.463 e. The van der Waals surface area contributed by atoms with Crippen LogP contribution in [0.3, 0.4) is 0 Å². The number of ether oxygens (including phenoxy) is 2. The molecular formula is C17H28O4. The van der Waals surface area contributed by atoms with Crippen LogP contribution in [0.25, 0.3) is 0 Å². The van der Waals surface area contributed by atoms with Crippen molar-refractivity contribution in [2.24, 2.45) is 0 Å². The van der Waals surface area contributed by atoms with E-state index in [4.69, 9.17) is 9.47 Å². The number of hydrogen-bond acceptors (Lipinski definition) is 4. The van der Waals surface area contributed by atoms with E-state index >= 15 is 0 Å². The van der Waals surface area contributed by atoms with Gasteiger partial charge in [-0.25, -0.2) is 9.59 Å². The zero-order valence-corrected chi connectivity index (χ0v) is 13.2. The average molecular weight is 296 g/mol. The number of carbonyl (C=O) groups is 2. The molecule has 0 saturated carbocycles. The van der Waals surface area contributed by atoms with E-state index < -0.39 is 0 Å². The first-order valence-corrected chi connectivity index (χ1v) is 7.69. The second kappa shape index (κ2) is 13.4. The molecule has 0 atom stereocenters. The van der Waals surface area contributed by atoms with E-state index in [0.29, 0.717) is 18.8 Å². The van der Waals surface area contributed by atoms with Crippen molar-refractivity contribution in [3.05, 3.63) is 24.8 Å². The van der Waals surface area contributed by atoms with Crippen molar-refractivity contribution in [3.63, 3.8) is 0 Å². The van der Waals surface area contributed by atoms with Gasteiger partial charge in [0.15, 0.2) is 0 Å². The third kappa shape index (κ3) is 13.2. The summed E-state index contributed by atoms with van der Waals surface area (Å²) in [6, 6.07) is 0. The summed E-state index contributed by atoms with van der Waals surface area (Å²) in [7, 11) is 0. The molecule has 21 heavy (non-hydrogen) atoms. The van der Waals surface area contributed by atoms with Crippen LogP contribution in [0.5, 0.6) is 0 Å². The van der Waals surface area contributed by atoms with Gasteiger partial charge >= 0.3 is 11.9 Å². The van der Waals surface area contributed by atoms with E-state index in [1.807, 2.05) is 0 Å². The molecule has 0 fully saturated rings. The molecule has 0 aliphatic rings. The summed E-state index contributed by atoms with van der Waals surface area (Å²) in [6.07, 6.45) is 9.90. The molecule has 4 nitrogen and oxygen atoms in total. The SMILES string of the molecule is C=CC(=O)OCCCCCCCCCCOC(=O)C(=C)C. The highest BCUT2D eigenvalue weighted by Gasteiger charge is 2.01. The van der Waals surface area contributed by atoms with Crippen LogP contribution in [0.15, 0.2) is 24.8 Å². The minimum absolute atomic E-state index is 0.299. The largest absolute Gasteiger partial charge is 0.463 e. The lowest BCUT2D eigenvalue weighted by molar-refractivity contribution is -0.139. The first-order chi connectivity index (χ1) is 10.1. The molecule has 120 valence electrons. The molecule has 0 spiro atoms. The van der Waals surface area contributed by atoms with Gasteiger partial charge in [-0.15, -0.1) is 0 Å². The summed E-state index contributed by atoms with van der Waals surface area (Å²) in [5.41, 5.74) is 0.453. The summed E-state index contributed by atoms with van der Waals surface area (Å²) in [5.74, 6) is -0.644. The number of rotatable bonds is 13. The second-order valence-corrected chi connectivity index (χ2v) is 5.12. The molecule has 0 rings (SSSR count). The Labute approximate surface area is 128 Å². The van der Waals surface area contributed by atoms with Crippen LogP contribution in [0.1, 0.15) is 58.3 Å². The predicted octanol–water partition coefficient (Wildman–Crippen LogP) is 3.96. The molecule has 0 aromatic carbocycles. The van der Waals surface area contributed by atoms with Gasteiger partial charge in [0.25, 0.3) is 0 Å². The summed E-state index contributed by atoms with van der Waals surface area (Å²) in [6.45, 7) is 9.50. The first-order valence-electron chi connectivity index (χ1n) is 7.69. The monoisotopic (exact) mass is 296 g/mol. The average Bonchev–Trinajstić information content (AvgIpc) is 2.47. The summed E-state index contributed by atoms with van der Waals surface area (Å²) in [5, 5.41) is 0. The van der Waals surface area contributed by atoms with E-state index in [9.17, 15) is 9.59 Å². The van der Waals surface area contributed by atoms with E-state index in [1.54, 1.807) is 6.92 Å². The fourth-order valence-electron chi connectivity index (χ4n) is 1.78. The summed E-state index contributed by atoms with van der Waals surface area (Å²) >= 11 is 0. The fraction of sp³-hybridized carbons (Fsp3) is 0.647. The lowest BCUT2D eigenvalue weighted by atomic mass is 10.1. The van der Waals surface area contributed by atoms with Crippen LogP contribution in [-0.4, -0.2) is 25.2 Å². The molecule has 0 N–H and O–H groups in total. The van der Waals surface area contributed by atoms with Gasteiger partial charge in [0.05, 0.1) is 13.2 Å². The van der Waals surface area contributed by atoms with Gasteiger partial charge in [-0.3, -0.25) is 0 Å². The Balaban J connectivity index is 3.16. The maximum Gasteiger partial charge on any atom is 0.333 e. The smallest absolute Gasteiger partial charge is 0.333 e. The van der Waals surface area contributed by atoms with Crippen LogP contribution in [-0.2, 0) is 19.1 Å². The highest BCUT2D eigenvalue weighted by Crippen LogP contribution is 2.09. The predicted molar refractivity (Wildman–Crippen MR) is 83.9 cm³/mol. The highest BCUT2D eigenvalue weighted by molar-refractivity contribution is 5.86. The Kier molecular flexibility index (Phi) is 12.4. The number of hydrogen-bond donors (Lipinski definition) is 0. The number of carbonyl (C=O) groups excluding carboxylic acids is 2. The standard InChI is InChI=1S/C17H28O4/c1-4-16(18)20-13-11-9-7-5-6-8-10-12-14-21-17(19)15(2)3/h4H,1-2,5-14H2,3H3. The van der Waals surface area contributed by atoms with Gasteiger partial charge in [0.1, 0.15) is 0 Å². The molecule has 0 aliphatic carbocycles. The van der Waals surface area contributed by atoms with E-state index in [-0.39, 0.29) is 11.9 Å². The van der Waals surface area contributed by atoms with E-state index in [0.717, 1.165) is 38.5 Å². The van der Waals surface area contributed by atoms with Crippen molar-refractivity contribution in [1.29, 1.82) is 0 Å². The highest BCUT2D eigenvalue weighted by atomic mass is 16.5. The molecule has 0 aliphatic heterocycles.